The van der Waals surface area contributed by atoms with Crippen molar-refractivity contribution in [3.63, 3.8) is 0 Å². The second kappa shape index (κ2) is 6.01. The lowest BCUT2D eigenvalue weighted by molar-refractivity contribution is 0.0955. The van der Waals surface area contributed by atoms with E-state index in [1.54, 1.807) is 24.3 Å². The lowest BCUT2D eigenvalue weighted by Gasteiger charge is -2.08. The van der Waals surface area contributed by atoms with E-state index in [9.17, 15) is 14.0 Å². The minimum absolute atomic E-state index is 0.236. The zero-order valence-electron chi connectivity index (χ0n) is 10.7. The molecule has 0 atom stereocenters. The number of hydrogen-bond donors (Lipinski definition) is 3. The third-order valence-corrected chi connectivity index (χ3v) is 2.83. The monoisotopic (exact) mass is 275 g/mol. The maximum absolute atomic E-state index is 13.6. The zero-order valence-corrected chi connectivity index (χ0v) is 10.7. The molecule has 0 spiro atoms. The first-order chi connectivity index (χ1) is 9.59. The zero-order chi connectivity index (χ0) is 14.5. The van der Waals surface area contributed by atoms with Crippen molar-refractivity contribution in [2.24, 2.45) is 5.73 Å². The first kappa shape index (κ1) is 13.8. The van der Waals surface area contributed by atoms with Gasteiger partial charge in [0.15, 0.2) is 0 Å². The Hall–Kier alpha value is -2.63. The van der Waals surface area contributed by atoms with Crippen molar-refractivity contribution in [1.82, 2.24) is 10.6 Å². The third-order valence-electron chi connectivity index (χ3n) is 2.83. The summed E-state index contributed by atoms with van der Waals surface area (Å²) in [5.41, 5.74) is 5.30. The summed E-state index contributed by atoms with van der Waals surface area (Å²) in [7, 11) is 0. The fraction of sp³-hybridized carbons (Fsp3) is 0.143. The van der Waals surface area contributed by atoms with Gasteiger partial charge in [-0.2, -0.15) is 0 Å². The minimum atomic E-state index is -0.647. The number of amides is 3. The highest BCUT2D eigenvalue weighted by Gasteiger charge is 2.11. The topological polar surface area (TPSA) is 84.2 Å². The molecule has 0 aliphatic heterocycles. The predicted octanol–water partition coefficient (Wildman–Crippen LogP) is 1.38. The van der Waals surface area contributed by atoms with Crippen molar-refractivity contribution in [1.29, 1.82) is 0 Å². The number of halogens is 1. The number of hydrogen-bond acceptors (Lipinski definition) is 2. The second-order valence-corrected chi connectivity index (χ2v) is 4.19. The molecular formula is C14H14FN3O2. The highest BCUT2D eigenvalue weighted by Crippen LogP contribution is 2.21. The molecule has 0 saturated carbocycles. The van der Waals surface area contributed by atoms with E-state index in [0.29, 0.717) is 16.3 Å². The summed E-state index contributed by atoms with van der Waals surface area (Å²) in [6, 6.07) is 8.82. The Morgan fingerprint density at radius 1 is 1.00 bits per heavy atom. The van der Waals surface area contributed by atoms with E-state index in [0.717, 1.165) is 0 Å². The number of urea groups is 1. The summed E-state index contributed by atoms with van der Waals surface area (Å²) < 4.78 is 13.6. The lowest BCUT2D eigenvalue weighted by atomic mass is 10.0. The van der Waals surface area contributed by atoms with Crippen molar-refractivity contribution < 1.29 is 14.0 Å². The van der Waals surface area contributed by atoms with Gasteiger partial charge in [-0.05, 0) is 17.5 Å². The number of fused-ring (bicyclic) bond motifs is 1. The maximum Gasteiger partial charge on any atom is 0.312 e. The maximum atomic E-state index is 13.6. The van der Waals surface area contributed by atoms with Crippen LogP contribution in [0.5, 0.6) is 0 Å². The van der Waals surface area contributed by atoms with Gasteiger partial charge in [0.25, 0.3) is 5.91 Å². The number of carbonyl (C=O) groups is 2. The van der Waals surface area contributed by atoms with Crippen LogP contribution in [0.1, 0.15) is 10.4 Å². The van der Waals surface area contributed by atoms with E-state index in [4.69, 9.17) is 5.73 Å². The van der Waals surface area contributed by atoms with Crippen LogP contribution in [-0.4, -0.2) is 25.0 Å². The Morgan fingerprint density at radius 2 is 1.65 bits per heavy atom. The Balaban J connectivity index is 2.14. The number of benzene rings is 2. The van der Waals surface area contributed by atoms with Crippen LogP contribution in [0, 0.1) is 5.82 Å². The Morgan fingerprint density at radius 3 is 2.35 bits per heavy atom. The van der Waals surface area contributed by atoms with Crippen LogP contribution in [0.25, 0.3) is 10.8 Å². The molecule has 4 N–H and O–H groups in total. The summed E-state index contributed by atoms with van der Waals surface area (Å²) in [5.74, 6) is -0.694. The molecular weight excluding hydrogens is 261 g/mol. The largest absolute Gasteiger partial charge is 0.352 e. The van der Waals surface area contributed by atoms with Gasteiger partial charge in [-0.25, -0.2) is 9.18 Å². The van der Waals surface area contributed by atoms with Gasteiger partial charge in [-0.1, -0.05) is 24.3 Å². The molecule has 3 amide bonds. The Labute approximate surface area is 115 Å². The summed E-state index contributed by atoms with van der Waals surface area (Å²) in [6.45, 7) is 0.480. The van der Waals surface area contributed by atoms with Gasteiger partial charge in [0.05, 0.1) is 0 Å². The van der Waals surface area contributed by atoms with Gasteiger partial charge in [-0.3, -0.25) is 4.79 Å². The minimum Gasteiger partial charge on any atom is -0.352 e. The quantitative estimate of drug-likeness (QED) is 0.736. The molecule has 0 fully saturated rings. The molecule has 2 rings (SSSR count). The van der Waals surface area contributed by atoms with Crippen LogP contribution in [0.4, 0.5) is 9.18 Å². The molecule has 2 aromatic rings. The van der Waals surface area contributed by atoms with Crippen LogP contribution in [0.15, 0.2) is 36.4 Å². The normalized spacial score (nSPS) is 10.2. The molecule has 20 heavy (non-hydrogen) atoms. The molecule has 0 aliphatic carbocycles. The molecule has 0 unspecified atom stereocenters. The standard InChI is InChI=1S/C14H14FN3O2/c15-12-6-5-11(9-3-1-2-4-10(9)12)13(19)17-7-8-18-14(16)20/h1-6H,7-8H2,(H,17,19)(H3,16,18,20). The van der Waals surface area contributed by atoms with Gasteiger partial charge in [-0.15, -0.1) is 0 Å². The van der Waals surface area contributed by atoms with E-state index in [1.165, 1.54) is 12.1 Å². The highest BCUT2D eigenvalue weighted by atomic mass is 19.1. The molecule has 2 aromatic carbocycles. The van der Waals surface area contributed by atoms with Crippen molar-refractivity contribution in [2.45, 2.75) is 0 Å². The van der Waals surface area contributed by atoms with Crippen molar-refractivity contribution in [3.05, 3.63) is 47.8 Å². The van der Waals surface area contributed by atoms with Gasteiger partial charge in [0.2, 0.25) is 0 Å². The number of nitrogens with two attached hydrogens (primary N) is 1. The molecule has 0 aliphatic rings. The summed E-state index contributed by atoms with van der Waals surface area (Å²) in [4.78, 5) is 22.5. The summed E-state index contributed by atoms with van der Waals surface area (Å²) in [6.07, 6.45) is 0. The average molecular weight is 275 g/mol. The Kier molecular flexibility index (Phi) is 4.14. The molecule has 0 bridgehead atoms. The fourth-order valence-electron chi connectivity index (χ4n) is 1.92. The van der Waals surface area contributed by atoms with Gasteiger partial charge in [0.1, 0.15) is 5.82 Å². The van der Waals surface area contributed by atoms with Crippen molar-refractivity contribution in [3.8, 4) is 0 Å². The van der Waals surface area contributed by atoms with Crippen LogP contribution < -0.4 is 16.4 Å². The number of primary amides is 1. The van der Waals surface area contributed by atoms with Crippen LogP contribution >= 0.6 is 0 Å². The van der Waals surface area contributed by atoms with E-state index < -0.39 is 6.03 Å². The average Bonchev–Trinajstić information content (AvgIpc) is 2.44. The predicted molar refractivity (Wildman–Crippen MR) is 73.8 cm³/mol. The third kappa shape index (κ3) is 3.03. The number of nitrogens with one attached hydrogen (secondary N) is 2. The SMILES string of the molecule is NC(=O)NCCNC(=O)c1ccc(F)c2ccccc12. The van der Waals surface area contributed by atoms with Crippen molar-refractivity contribution in [2.75, 3.05) is 13.1 Å². The first-order valence-corrected chi connectivity index (χ1v) is 6.08. The summed E-state index contributed by atoms with van der Waals surface area (Å²) >= 11 is 0. The molecule has 0 saturated heterocycles. The Bertz CT molecular complexity index is 658. The van der Waals surface area contributed by atoms with E-state index >= 15 is 0 Å². The van der Waals surface area contributed by atoms with Crippen LogP contribution in [0.2, 0.25) is 0 Å². The first-order valence-electron chi connectivity index (χ1n) is 6.08. The van der Waals surface area contributed by atoms with E-state index in [1.807, 2.05) is 0 Å². The molecule has 0 heterocycles. The fourth-order valence-corrected chi connectivity index (χ4v) is 1.92. The van der Waals surface area contributed by atoms with E-state index in [2.05, 4.69) is 10.6 Å². The van der Waals surface area contributed by atoms with Crippen LogP contribution in [0.3, 0.4) is 0 Å². The van der Waals surface area contributed by atoms with E-state index in [-0.39, 0.29) is 24.8 Å². The van der Waals surface area contributed by atoms with Gasteiger partial charge in [0, 0.05) is 24.0 Å². The summed E-state index contributed by atoms with van der Waals surface area (Å²) in [5, 5.41) is 5.94. The highest BCUT2D eigenvalue weighted by molar-refractivity contribution is 6.07. The molecule has 5 nitrogen and oxygen atoms in total. The molecule has 0 radical (unpaired) electrons. The molecule has 6 heteroatoms. The van der Waals surface area contributed by atoms with Gasteiger partial charge < -0.3 is 16.4 Å². The van der Waals surface area contributed by atoms with Gasteiger partial charge >= 0.3 is 6.03 Å². The van der Waals surface area contributed by atoms with Crippen LogP contribution in [-0.2, 0) is 0 Å². The number of rotatable bonds is 4. The lowest BCUT2D eigenvalue weighted by Crippen LogP contribution is -2.37. The van der Waals surface area contributed by atoms with Crippen molar-refractivity contribution >= 4 is 22.7 Å². The molecule has 104 valence electrons. The smallest absolute Gasteiger partial charge is 0.312 e. The molecule has 0 aromatic heterocycles. The second-order valence-electron chi connectivity index (χ2n) is 4.19. The number of carbonyl (C=O) groups excluding carboxylic acids is 2.